The van der Waals surface area contributed by atoms with Gasteiger partial charge in [0.1, 0.15) is 5.75 Å². The van der Waals surface area contributed by atoms with Gasteiger partial charge in [0.25, 0.3) is 5.91 Å². The third-order valence-corrected chi connectivity index (χ3v) is 7.04. The summed E-state index contributed by atoms with van der Waals surface area (Å²) in [7, 11) is 1.65. The number of amides is 1. The average Bonchev–Trinajstić information content (AvgIpc) is 3.21. The topological polar surface area (TPSA) is 29.5 Å². The van der Waals surface area contributed by atoms with Crippen molar-refractivity contribution in [2.75, 3.05) is 12.0 Å². The van der Waals surface area contributed by atoms with Crippen molar-refractivity contribution in [3.05, 3.63) is 106 Å². The number of halogens is 1. The van der Waals surface area contributed by atoms with E-state index in [-0.39, 0.29) is 5.91 Å². The molecule has 5 rings (SSSR count). The molecular weight excluding hydrogens is 442 g/mol. The molecule has 0 radical (unpaired) electrons. The summed E-state index contributed by atoms with van der Waals surface area (Å²) in [6.07, 6.45) is 10.4. The maximum Gasteiger partial charge on any atom is 0.262 e. The number of hydrogen-bond donors (Lipinski definition) is 0. The van der Waals surface area contributed by atoms with Gasteiger partial charge in [-0.15, -0.1) is 0 Å². The molecule has 3 nitrogen and oxygen atoms in total. The van der Waals surface area contributed by atoms with E-state index in [0.717, 1.165) is 28.3 Å². The number of ether oxygens (including phenoxy) is 1. The summed E-state index contributed by atoms with van der Waals surface area (Å²) in [4.78, 5) is 15.4. The van der Waals surface area contributed by atoms with Crippen LogP contribution in [-0.2, 0) is 4.79 Å². The summed E-state index contributed by atoms with van der Waals surface area (Å²) < 4.78 is 5.25. The van der Waals surface area contributed by atoms with Gasteiger partial charge < -0.3 is 4.74 Å². The summed E-state index contributed by atoms with van der Waals surface area (Å²) in [6.45, 7) is 0. The number of rotatable bonds is 5. The SMILES string of the molecule is COc1ccc(/C=C2/C=C(c3ccc(Cl)cc3)N(c3ccc(C4CCCCC4)cc3)C2=O)cc1. The number of methoxy groups -OCH3 is 1. The smallest absolute Gasteiger partial charge is 0.262 e. The van der Waals surface area contributed by atoms with Gasteiger partial charge in [0, 0.05) is 16.3 Å². The number of carbonyl (C=O) groups excluding carboxylic acids is 1. The molecule has 3 aromatic rings. The maximum absolute atomic E-state index is 13.6. The molecule has 172 valence electrons. The van der Waals surface area contributed by atoms with Gasteiger partial charge in [-0.3, -0.25) is 9.69 Å². The molecule has 1 heterocycles. The fourth-order valence-corrected chi connectivity index (χ4v) is 5.04. The highest BCUT2D eigenvalue weighted by Gasteiger charge is 2.30. The van der Waals surface area contributed by atoms with Crippen LogP contribution in [0, 0.1) is 0 Å². The number of anilines is 1. The van der Waals surface area contributed by atoms with Crippen LogP contribution in [0.25, 0.3) is 11.8 Å². The van der Waals surface area contributed by atoms with Crippen molar-refractivity contribution in [3.63, 3.8) is 0 Å². The molecule has 0 bridgehead atoms. The zero-order chi connectivity index (χ0) is 23.5. The molecule has 1 fully saturated rings. The summed E-state index contributed by atoms with van der Waals surface area (Å²) in [5, 5.41) is 0.672. The van der Waals surface area contributed by atoms with Crippen LogP contribution in [0.15, 0.2) is 84.4 Å². The molecule has 0 atom stereocenters. The second-order valence-corrected chi connectivity index (χ2v) is 9.41. The number of carbonyl (C=O) groups is 1. The molecule has 0 spiro atoms. The third kappa shape index (κ3) is 4.67. The van der Waals surface area contributed by atoms with Gasteiger partial charge >= 0.3 is 0 Å². The zero-order valence-corrected chi connectivity index (χ0v) is 20.1. The molecule has 0 aromatic heterocycles. The molecule has 0 saturated heterocycles. The Morgan fingerprint density at radius 3 is 2.21 bits per heavy atom. The van der Waals surface area contributed by atoms with Crippen molar-refractivity contribution in [3.8, 4) is 5.75 Å². The molecule has 1 saturated carbocycles. The Labute approximate surface area is 206 Å². The van der Waals surface area contributed by atoms with E-state index < -0.39 is 0 Å². The lowest BCUT2D eigenvalue weighted by molar-refractivity contribution is -0.113. The Hall–Kier alpha value is -3.30. The van der Waals surface area contributed by atoms with Crippen molar-refractivity contribution >= 4 is 35.0 Å². The molecule has 2 aliphatic rings. The predicted octanol–water partition coefficient (Wildman–Crippen LogP) is 7.87. The Morgan fingerprint density at radius 2 is 1.56 bits per heavy atom. The van der Waals surface area contributed by atoms with E-state index in [1.54, 1.807) is 7.11 Å². The molecular formula is C30H28ClNO2. The van der Waals surface area contributed by atoms with E-state index in [4.69, 9.17) is 16.3 Å². The van der Waals surface area contributed by atoms with Crippen LogP contribution in [-0.4, -0.2) is 13.0 Å². The van der Waals surface area contributed by atoms with Crippen molar-refractivity contribution in [1.29, 1.82) is 0 Å². The van der Waals surface area contributed by atoms with Gasteiger partial charge in [-0.05, 0) is 84.0 Å². The Bertz CT molecular complexity index is 1220. The molecule has 3 aromatic carbocycles. The number of benzene rings is 3. The predicted molar refractivity (Wildman–Crippen MR) is 140 cm³/mol. The average molecular weight is 470 g/mol. The lowest BCUT2D eigenvalue weighted by Gasteiger charge is -2.24. The Morgan fingerprint density at radius 1 is 0.882 bits per heavy atom. The fraction of sp³-hybridized carbons (Fsp3) is 0.233. The van der Waals surface area contributed by atoms with E-state index in [1.165, 1.54) is 37.7 Å². The van der Waals surface area contributed by atoms with Crippen LogP contribution < -0.4 is 9.64 Å². The zero-order valence-electron chi connectivity index (χ0n) is 19.3. The quantitative estimate of drug-likeness (QED) is 0.356. The van der Waals surface area contributed by atoms with Gasteiger partial charge in [0.15, 0.2) is 0 Å². The molecule has 0 N–H and O–H groups in total. The summed E-state index contributed by atoms with van der Waals surface area (Å²) >= 11 is 6.13. The van der Waals surface area contributed by atoms with E-state index in [2.05, 4.69) is 24.3 Å². The molecule has 1 aliphatic heterocycles. The highest BCUT2D eigenvalue weighted by atomic mass is 35.5. The minimum absolute atomic E-state index is 0.0359. The van der Waals surface area contributed by atoms with Gasteiger partial charge in [0.2, 0.25) is 0 Å². The van der Waals surface area contributed by atoms with Crippen LogP contribution in [0.2, 0.25) is 5.02 Å². The summed E-state index contributed by atoms with van der Waals surface area (Å²) in [6, 6.07) is 23.9. The fourth-order valence-electron chi connectivity index (χ4n) is 4.92. The molecule has 1 aliphatic carbocycles. The standard InChI is InChI=1S/C30H28ClNO2/c1-34-28-17-7-21(8-18-28)19-25-20-29(24-9-13-26(31)14-10-24)32(30(25)33)27-15-11-23(12-16-27)22-5-3-2-4-6-22/h7-20,22H,2-6H2,1H3/b25-19-. The van der Waals surface area contributed by atoms with Crippen LogP contribution in [0.3, 0.4) is 0 Å². The molecule has 34 heavy (non-hydrogen) atoms. The van der Waals surface area contributed by atoms with Crippen LogP contribution in [0.4, 0.5) is 5.69 Å². The largest absolute Gasteiger partial charge is 0.497 e. The molecule has 4 heteroatoms. The van der Waals surface area contributed by atoms with Crippen molar-refractivity contribution in [1.82, 2.24) is 0 Å². The minimum atomic E-state index is -0.0359. The number of hydrogen-bond acceptors (Lipinski definition) is 2. The lowest BCUT2D eigenvalue weighted by atomic mass is 9.84. The molecule has 1 amide bonds. The Kier molecular flexibility index (Phi) is 6.55. The third-order valence-electron chi connectivity index (χ3n) is 6.79. The summed E-state index contributed by atoms with van der Waals surface area (Å²) in [5.74, 6) is 1.39. The van der Waals surface area contributed by atoms with Gasteiger partial charge in [0.05, 0.1) is 12.8 Å². The van der Waals surface area contributed by atoms with E-state index in [0.29, 0.717) is 16.5 Å². The maximum atomic E-state index is 13.6. The van der Waals surface area contributed by atoms with E-state index in [9.17, 15) is 4.79 Å². The van der Waals surface area contributed by atoms with Crippen molar-refractivity contribution in [2.45, 2.75) is 38.0 Å². The van der Waals surface area contributed by atoms with E-state index in [1.807, 2.05) is 65.6 Å². The highest BCUT2D eigenvalue weighted by Crippen LogP contribution is 2.38. The second-order valence-electron chi connectivity index (χ2n) is 8.98. The normalized spacial score (nSPS) is 17.8. The van der Waals surface area contributed by atoms with Crippen molar-refractivity contribution < 1.29 is 9.53 Å². The van der Waals surface area contributed by atoms with Gasteiger partial charge in [-0.25, -0.2) is 0 Å². The molecule has 0 unspecified atom stereocenters. The first-order valence-electron chi connectivity index (χ1n) is 11.9. The van der Waals surface area contributed by atoms with Crippen LogP contribution in [0.1, 0.15) is 54.7 Å². The number of nitrogens with zero attached hydrogens (tertiary/aromatic N) is 1. The monoisotopic (exact) mass is 469 g/mol. The summed E-state index contributed by atoms with van der Waals surface area (Å²) in [5.41, 5.74) is 5.65. The first-order chi connectivity index (χ1) is 16.6. The van der Waals surface area contributed by atoms with Crippen LogP contribution >= 0.6 is 11.6 Å². The van der Waals surface area contributed by atoms with Gasteiger partial charge in [-0.1, -0.05) is 67.3 Å². The van der Waals surface area contributed by atoms with Crippen LogP contribution in [0.5, 0.6) is 5.75 Å². The lowest BCUT2D eigenvalue weighted by Crippen LogP contribution is -2.25. The van der Waals surface area contributed by atoms with E-state index >= 15 is 0 Å². The first kappa shape index (κ1) is 22.5. The van der Waals surface area contributed by atoms with Gasteiger partial charge in [-0.2, -0.15) is 0 Å². The first-order valence-corrected chi connectivity index (χ1v) is 12.3. The second kappa shape index (κ2) is 9.90. The minimum Gasteiger partial charge on any atom is -0.497 e. The highest BCUT2D eigenvalue weighted by molar-refractivity contribution is 6.30. The Balaban J connectivity index is 1.50. The van der Waals surface area contributed by atoms with Crippen molar-refractivity contribution in [2.24, 2.45) is 0 Å².